The van der Waals surface area contributed by atoms with Gasteiger partial charge in [-0.3, -0.25) is 5.10 Å². The molecule has 0 fully saturated rings. The van der Waals surface area contributed by atoms with E-state index in [2.05, 4.69) is 53.1 Å². The van der Waals surface area contributed by atoms with Crippen LogP contribution < -0.4 is 5.32 Å². The van der Waals surface area contributed by atoms with E-state index in [0.717, 1.165) is 30.2 Å². The molecule has 28 heavy (non-hydrogen) atoms. The number of aromatic nitrogens is 5. The Morgan fingerprint density at radius 1 is 1.07 bits per heavy atom. The predicted octanol–water partition coefficient (Wildman–Crippen LogP) is 4.87. The van der Waals surface area contributed by atoms with Crippen LogP contribution in [0.5, 0.6) is 0 Å². The molecule has 0 aliphatic heterocycles. The lowest BCUT2D eigenvalue weighted by Crippen LogP contribution is -2.10. The third-order valence-electron chi connectivity index (χ3n) is 4.23. The summed E-state index contributed by atoms with van der Waals surface area (Å²) in [5.41, 5.74) is 0.879. The quantitative estimate of drug-likeness (QED) is 0.395. The van der Waals surface area contributed by atoms with Crippen molar-refractivity contribution in [2.45, 2.75) is 32.4 Å². The van der Waals surface area contributed by atoms with Gasteiger partial charge in [0.25, 0.3) is 0 Å². The number of nitrogens with one attached hydrogen (secondary N) is 2. The summed E-state index contributed by atoms with van der Waals surface area (Å²) < 4.78 is 40.1. The maximum atomic E-state index is 13.4. The summed E-state index contributed by atoms with van der Waals surface area (Å²) in [6, 6.07) is 5.33. The second-order valence-electron chi connectivity index (χ2n) is 6.09. The third kappa shape index (κ3) is 4.26. The highest BCUT2D eigenvalue weighted by atomic mass is 127. The van der Waals surface area contributed by atoms with Crippen molar-refractivity contribution in [1.82, 2.24) is 25.1 Å². The Bertz CT molecular complexity index is 970. The van der Waals surface area contributed by atoms with E-state index in [9.17, 15) is 13.2 Å². The first-order chi connectivity index (χ1) is 13.4. The van der Waals surface area contributed by atoms with E-state index in [0.29, 0.717) is 24.0 Å². The third-order valence-corrected chi connectivity index (χ3v) is 4.23. The summed E-state index contributed by atoms with van der Waals surface area (Å²) in [4.78, 5) is 14.9. The van der Waals surface area contributed by atoms with Crippen molar-refractivity contribution in [3.63, 3.8) is 0 Å². The Labute approximate surface area is 173 Å². The molecule has 0 saturated carbocycles. The largest absolute Gasteiger partial charge is 0.417 e. The molecule has 0 spiro atoms. The van der Waals surface area contributed by atoms with Crippen LogP contribution in [0.3, 0.4) is 0 Å². The van der Waals surface area contributed by atoms with E-state index < -0.39 is 11.7 Å². The molecule has 2 heterocycles. The molecule has 0 bridgehead atoms. The molecular formula is C18H18F3IN6. The summed E-state index contributed by atoms with van der Waals surface area (Å²) in [5, 5.41) is 9.73. The summed E-state index contributed by atoms with van der Waals surface area (Å²) >= 11 is 2.15. The van der Waals surface area contributed by atoms with Gasteiger partial charge >= 0.3 is 6.18 Å². The number of fused-ring (bicyclic) bond motifs is 1. The molecule has 148 valence electrons. The van der Waals surface area contributed by atoms with Crippen molar-refractivity contribution < 1.29 is 13.2 Å². The Balaban J connectivity index is 0.00000109. The summed E-state index contributed by atoms with van der Waals surface area (Å²) in [5.74, 6) is 1.46. The number of nitrogens with zero attached hydrogens (tertiary/aromatic N) is 4. The highest BCUT2D eigenvalue weighted by molar-refractivity contribution is 14.1. The van der Waals surface area contributed by atoms with Gasteiger partial charge in [-0.05, 0) is 37.2 Å². The lowest BCUT2D eigenvalue weighted by molar-refractivity contribution is -0.137. The Kier molecular flexibility index (Phi) is 6.16. The van der Waals surface area contributed by atoms with Gasteiger partial charge in [-0.2, -0.15) is 18.2 Å². The van der Waals surface area contributed by atoms with E-state index >= 15 is 0 Å². The molecule has 2 N–H and O–H groups in total. The average Bonchev–Trinajstić information content (AvgIpc) is 3.31. The van der Waals surface area contributed by atoms with Gasteiger partial charge < -0.3 is 5.32 Å². The first-order valence-electron chi connectivity index (χ1n) is 8.52. The van der Waals surface area contributed by atoms with Crippen LogP contribution in [-0.2, 0) is 19.0 Å². The van der Waals surface area contributed by atoms with E-state index in [1.54, 1.807) is 13.0 Å². The topological polar surface area (TPSA) is 79.4 Å². The number of H-pyrrole nitrogens is 1. The fourth-order valence-electron chi connectivity index (χ4n) is 3.09. The fourth-order valence-corrected chi connectivity index (χ4v) is 3.09. The van der Waals surface area contributed by atoms with Gasteiger partial charge in [0.05, 0.1) is 5.56 Å². The zero-order chi connectivity index (χ0) is 20.3. The molecule has 1 aromatic carbocycles. The first kappa shape index (κ1) is 20.5. The molecule has 1 aliphatic carbocycles. The fraction of sp³-hybridized carbons (Fsp3) is 0.333. The van der Waals surface area contributed by atoms with Gasteiger partial charge in [-0.25, -0.2) is 9.97 Å². The number of hydrogen-bond acceptors (Lipinski definition) is 5. The Morgan fingerprint density at radius 3 is 2.50 bits per heavy atom. The molecule has 10 heteroatoms. The highest BCUT2D eigenvalue weighted by Gasteiger charge is 2.34. The molecule has 2 aromatic heterocycles. The lowest BCUT2D eigenvalue weighted by Gasteiger charge is -2.14. The Morgan fingerprint density at radius 2 is 1.82 bits per heavy atom. The zero-order valence-corrected chi connectivity index (χ0v) is 17.4. The second kappa shape index (κ2) is 8.41. The molecular weight excluding hydrogens is 484 g/mol. The van der Waals surface area contributed by atoms with Gasteiger partial charge in [0.15, 0.2) is 5.82 Å². The van der Waals surface area contributed by atoms with Gasteiger partial charge in [-0.15, -0.1) is 5.10 Å². The van der Waals surface area contributed by atoms with Crippen molar-refractivity contribution >= 4 is 34.4 Å². The number of halogens is 4. The molecule has 0 radical (unpaired) electrons. The summed E-state index contributed by atoms with van der Waals surface area (Å²) in [6.07, 6.45) is -2.12. The molecule has 0 amide bonds. The van der Waals surface area contributed by atoms with Crippen molar-refractivity contribution in [2.75, 3.05) is 10.2 Å². The van der Waals surface area contributed by atoms with Crippen molar-refractivity contribution in [1.29, 1.82) is 0 Å². The molecule has 6 nitrogen and oxygen atoms in total. The van der Waals surface area contributed by atoms with E-state index in [-0.39, 0.29) is 11.4 Å². The minimum absolute atomic E-state index is 0.0380. The number of aryl methyl sites for hydroxylation is 2. The number of rotatable bonds is 3. The maximum Gasteiger partial charge on any atom is 0.417 e. The number of benzene rings is 1. The van der Waals surface area contributed by atoms with Crippen molar-refractivity contribution in [2.24, 2.45) is 0 Å². The van der Waals surface area contributed by atoms with Crippen LogP contribution in [0.4, 0.5) is 24.9 Å². The van der Waals surface area contributed by atoms with Crippen LogP contribution in [-0.4, -0.2) is 30.1 Å². The highest BCUT2D eigenvalue weighted by Crippen LogP contribution is 2.37. The van der Waals surface area contributed by atoms with Crippen molar-refractivity contribution in [3.05, 3.63) is 46.9 Å². The zero-order valence-electron chi connectivity index (χ0n) is 15.2. The number of anilines is 2. The first-order valence-corrected chi connectivity index (χ1v) is 10.7. The van der Waals surface area contributed by atoms with Gasteiger partial charge in [0, 0.05) is 16.8 Å². The molecule has 3 aromatic rings. The van der Waals surface area contributed by atoms with Crippen LogP contribution in [0.2, 0.25) is 0 Å². The van der Waals surface area contributed by atoms with E-state index in [4.69, 9.17) is 0 Å². The Hall–Kier alpha value is -2.24. The average molecular weight is 502 g/mol. The minimum Gasteiger partial charge on any atom is -0.307 e. The maximum absolute atomic E-state index is 13.4. The lowest BCUT2D eigenvalue weighted by atomic mass is 10.1. The number of alkyl halides is 4. The van der Waals surface area contributed by atoms with E-state index in [1.807, 2.05) is 4.93 Å². The van der Waals surface area contributed by atoms with Crippen LogP contribution in [0.25, 0.3) is 11.4 Å². The minimum atomic E-state index is -4.48. The summed E-state index contributed by atoms with van der Waals surface area (Å²) in [7, 11) is 0. The summed E-state index contributed by atoms with van der Waals surface area (Å²) in [6.45, 7) is 1.76. The van der Waals surface area contributed by atoms with Crippen molar-refractivity contribution in [3.8, 4) is 11.4 Å². The second-order valence-corrected chi connectivity index (χ2v) is 6.09. The van der Waals surface area contributed by atoms with E-state index in [1.165, 1.54) is 12.1 Å². The van der Waals surface area contributed by atoms with Crippen LogP contribution in [0.15, 0.2) is 24.3 Å². The number of aromatic amines is 1. The standard InChI is InChI=1S/C17H15F3N6.CH3I/c1-9-21-16(26-25-9)24-15-11-6-4-8-13(11)22-14(23-15)10-5-2-3-7-12(10)17(18,19)20;1-2/h2-3,5,7H,4,6,8H2,1H3,(H2,21,22,23,24,25,26);1H3. The molecule has 1 aliphatic rings. The molecule has 0 atom stereocenters. The molecule has 0 unspecified atom stereocenters. The van der Waals surface area contributed by atoms with Gasteiger partial charge in [0.2, 0.25) is 5.95 Å². The monoisotopic (exact) mass is 502 g/mol. The normalized spacial score (nSPS) is 12.9. The molecule has 0 saturated heterocycles. The van der Waals surface area contributed by atoms with Crippen LogP contribution in [0.1, 0.15) is 29.1 Å². The van der Waals surface area contributed by atoms with Gasteiger partial charge in [0.1, 0.15) is 11.6 Å². The molecule has 4 rings (SSSR count). The smallest absolute Gasteiger partial charge is 0.307 e. The van der Waals surface area contributed by atoms with Crippen LogP contribution in [0, 0.1) is 6.92 Å². The van der Waals surface area contributed by atoms with Crippen LogP contribution >= 0.6 is 22.6 Å². The number of hydrogen-bond donors (Lipinski definition) is 2. The van der Waals surface area contributed by atoms with Gasteiger partial charge in [-0.1, -0.05) is 40.8 Å². The SMILES string of the molecule is CI.Cc1nc(Nc2nc(-c3ccccc3C(F)(F)F)nc3c2CCC3)n[nH]1. The predicted molar refractivity (Wildman–Crippen MR) is 109 cm³/mol.